The summed E-state index contributed by atoms with van der Waals surface area (Å²) in [5, 5.41) is 13.4. The fraction of sp³-hybridized carbons (Fsp3) is 1.00. The van der Waals surface area contributed by atoms with Gasteiger partial charge >= 0.3 is 0 Å². The molecule has 2 rings (SSSR count). The van der Waals surface area contributed by atoms with E-state index < -0.39 is 9.84 Å². The number of nitrogens with one attached hydrogen (secondary N) is 1. The van der Waals surface area contributed by atoms with E-state index in [1.54, 1.807) is 0 Å². The van der Waals surface area contributed by atoms with Gasteiger partial charge in [0.25, 0.3) is 0 Å². The second kappa shape index (κ2) is 5.67. The highest BCUT2D eigenvalue weighted by molar-refractivity contribution is 7.91. The van der Waals surface area contributed by atoms with Crippen molar-refractivity contribution in [2.45, 2.75) is 50.7 Å². The van der Waals surface area contributed by atoms with Gasteiger partial charge in [-0.05, 0) is 31.6 Å². The van der Waals surface area contributed by atoms with E-state index in [-0.39, 0.29) is 23.5 Å². The van der Waals surface area contributed by atoms with Gasteiger partial charge < -0.3 is 10.4 Å². The van der Waals surface area contributed by atoms with Crippen molar-refractivity contribution in [3.8, 4) is 0 Å². The zero-order chi connectivity index (χ0) is 12.3. The predicted octanol–water partition coefficient (Wildman–Crippen LogP) is 0.704. The van der Waals surface area contributed by atoms with E-state index >= 15 is 0 Å². The van der Waals surface area contributed by atoms with Crippen molar-refractivity contribution in [3.63, 3.8) is 0 Å². The molecule has 0 aromatic heterocycles. The fourth-order valence-electron chi connectivity index (χ4n) is 2.88. The minimum Gasteiger partial charge on any atom is -0.392 e. The fourth-order valence-corrected chi connectivity index (χ4v) is 4.40. The average molecular weight is 261 g/mol. The van der Waals surface area contributed by atoms with Gasteiger partial charge in [0.1, 0.15) is 9.84 Å². The van der Waals surface area contributed by atoms with Crippen molar-refractivity contribution in [1.29, 1.82) is 0 Å². The van der Waals surface area contributed by atoms with E-state index in [1.165, 1.54) is 25.7 Å². The summed E-state index contributed by atoms with van der Waals surface area (Å²) < 4.78 is 22.6. The summed E-state index contributed by atoms with van der Waals surface area (Å²) in [6, 6.07) is 0.567. The van der Waals surface area contributed by atoms with Crippen molar-refractivity contribution in [3.05, 3.63) is 0 Å². The van der Waals surface area contributed by atoms with E-state index in [0.717, 1.165) is 0 Å². The van der Waals surface area contributed by atoms with Crippen molar-refractivity contribution in [2.24, 2.45) is 5.92 Å². The predicted molar refractivity (Wildman–Crippen MR) is 67.6 cm³/mol. The van der Waals surface area contributed by atoms with Crippen LogP contribution in [-0.2, 0) is 9.84 Å². The summed E-state index contributed by atoms with van der Waals surface area (Å²) >= 11 is 0. The third kappa shape index (κ3) is 3.93. The second-order valence-electron chi connectivity index (χ2n) is 5.45. The number of aliphatic hydroxyl groups is 1. The standard InChI is InChI=1S/C12H23NO3S/c14-12(9-13-11-3-1-2-4-11)10-5-7-17(15,16)8-6-10/h10-14H,1-9H2. The Hall–Kier alpha value is -0.130. The monoisotopic (exact) mass is 261 g/mol. The smallest absolute Gasteiger partial charge is 0.150 e. The minimum atomic E-state index is -2.81. The maximum absolute atomic E-state index is 11.3. The van der Waals surface area contributed by atoms with Crippen LogP contribution in [0.5, 0.6) is 0 Å². The van der Waals surface area contributed by atoms with Crippen LogP contribution in [0.3, 0.4) is 0 Å². The summed E-state index contributed by atoms with van der Waals surface area (Å²) in [6.45, 7) is 0.620. The lowest BCUT2D eigenvalue weighted by Crippen LogP contribution is -2.40. The topological polar surface area (TPSA) is 66.4 Å². The number of hydrogen-bond donors (Lipinski definition) is 2. The van der Waals surface area contributed by atoms with E-state index in [2.05, 4.69) is 5.32 Å². The highest BCUT2D eigenvalue weighted by Gasteiger charge is 2.28. The molecule has 1 aliphatic carbocycles. The van der Waals surface area contributed by atoms with E-state index in [1.807, 2.05) is 0 Å². The van der Waals surface area contributed by atoms with Crippen LogP contribution in [0.4, 0.5) is 0 Å². The molecule has 0 spiro atoms. The summed E-state index contributed by atoms with van der Waals surface area (Å²) in [5.41, 5.74) is 0. The van der Waals surface area contributed by atoms with Gasteiger partial charge in [-0.1, -0.05) is 12.8 Å². The Kier molecular flexibility index (Phi) is 4.44. The normalized spacial score (nSPS) is 28.3. The molecule has 5 heteroatoms. The third-order valence-corrected chi connectivity index (χ3v) is 5.83. The van der Waals surface area contributed by atoms with Crippen LogP contribution in [0, 0.1) is 5.92 Å². The highest BCUT2D eigenvalue weighted by Crippen LogP contribution is 2.23. The molecule has 1 saturated heterocycles. The van der Waals surface area contributed by atoms with Crippen LogP contribution in [0.2, 0.25) is 0 Å². The SMILES string of the molecule is O=S1(=O)CCC(C(O)CNC2CCCC2)CC1. The van der Waals surface area contributed by atoms with Crippen LogP contribution < -0.4 is 5.32 Å². The molecule has 4 nitrogen and oxygen atoms in total. The number of sulfone groups is 1. The van der Waals surface area contributed by atoms with Crippen LogP contribution in [0.1, 0.15) is 38.5 Å². The molecule has 1 heterocycles. The van der Waals surface area contributed by atoms with E-state index in [0.29, 0.717) is 25.4 Å². The Morgan fingerprint density at radius 3 is 2.29 bits per heavy atom. The molecule has 1 unspecified atom stereocenters. The first-order chi connectivity index (χ1) is 8.07. The van der Waals surface area contributed by atoms with Crippen molar-refractivity contribution >= 4 is 9.84 Å². The Morgan fingerprint density at radius 1 is 1.12 bits per heavy atom. The molecule has 0 bridgehead atoms. The molecule has 100 valence electrons. The summed E-state index contributed by atoms with van der Waals surface area (Å²) in [5.74, 6) is 0.656. The zero-order valence-electron chi connectivity index (χ0n) is 10.3. The lowest BCUT2D eigenvalue weighted by molar-refractivity contribution is 0.0973. The van der Waals surface area contributed by atoms with Crippen LogP contribution in [-0.4, -0.2) is 43.7 Å². The zero-order valence-corrected chi connectivity index (χ0v) is 11.1. The summed E-state index contributed by atoms with van der Waals surface area (Å²) in [6.07, 6.45) is 5.86. The van der Waals surface area contributed by atoms with Gasteiger partial charge in [-0.15, -0.1) is 0 Å². The van der Waals surface area contributed by atoms with Gasteiger partial charge in [0.15, 0.2) is 0 Å². The summed E-state index contributed by atoms with van der Waals surface area (Å²) in [4.78, 5) is 0. The molecule has 2 aliphatic rings. The van der Waals surface area contributed by atoms with Gasteiger partial charge in [-0.2, -0.15) is 0 Å². The molecular weight excluding hydrogens is 238 g/mol. The Bertz CT molecular complexity index is 322. The lowest BCUT2D eigenvalue weighted by atomic mass is 9.96. The molecule has 1 aliphatic heterocycles. The number of hydrogen-bond acceptors (Lipinski definition) is 4. The average Bonchev–Trinajstić information content (AvgIpc) is 2.78. The maximum atomic E-state index is 11.3. The minimum absolute atomic E-state index is 0.160. The van der Waals surface area contributed by atoms with E-state index in [4.69, 9.17) is 0 Å². The Morgan fingerprint density at radius 2 is 1.71 bits per heavy atom. The molecular formula is C12H23NO3S. The molecule has 0 amide bonds. The molecule has 1 atom stereocenters. The molecule has 2 N–H and O–H groups in total. The molecule has 0 aromatic carbocycles. The molecule has 17 heavy (non-hydrogen) atoms. The number of aliphatic hydroxyl groups excluding tert-OH is 1. The van der Waals surface area contributed by atoms with Crippen molar-refractivity contribution in [1.82, 2.24) is 5.32 Å². The molecule has 0 aromatic rings. The largest absolute Gasteiger partial charge is 0.392 e. The third-order valence-electron chi connectivity index (χ3n) is 4.11. The first-order valence-corrected chi connectivity index (χ1v) is 8.51. The van der Waals surface area contributed by atoms with Crippen molar-refractivity contribution < 1.29 is 13.5 Å². The van der Waals surface area contributed by atoms with Crippen molar-refractivity contribution in [2.75, 3.05) is 18.1 Å². The molecule has 0 radical (unpaired) electrons. The highest BCUT2D eigenvalue weighted by atomic mass is 32.2. The molecule has 2 fully saturated rings. The Labute approximate surface area is 104 Å². The van der Waals surface area contributed by atoms with Crippen LogP contribution >= 0.6 is 0 Å². The number of rotatable bonds is 4. The van der Waals surface area contributed by atoms with Gasteiger partial charge in [-0.25, -0.2) is 8.42 Å². The van der Waals surface area contributed by atoms with E-state index in [9.17, 15) is 13.5 Å². The molecule has 1 saturated carbocycles. The van der Waals surface area contributed by atoms with Gasteiger partial charge in [0.2, 0.25) is 0 Å². The summed E-state index contributed by atoms with van der Waals surface area (Å²) in [7, 11) is -2.81. The van der Waals surface area contributed by atoms with Gasteiger partial charge in [-0.3, -0.25) is 0 Å². The second-order valence-corrected chi connectivity index (χ2v) is 7.75. The first kappa shape index (κ1) is 13.3. The van der Waals surface area contributed by atoms with Crippen LogP contribution in [0.15, 0.2) is 0 Å². The Balaban J connectivity index is 1.71. The van der Waals surface area contributed by atoms with Gasteiger partial charge in [0.05, 0.1) is 17.6 Å². The maximum Gasteiger partial charge on any atom is 0.150 e. The van der Waals surface area contributed by atoms with Gasteiger partial charge in [0, 0.05) is 12.6 Å². The quantitative estimate of drug-likeness (QED) is 0.782. The lowest BCUT2D eigenvalue weighted by Gasteiger charge is -2.27. The first-order valence-electron chi connectivity index (χ1n) is 6.69. The van der Waals surface area contributed by atoms with Crippen LogP contribution in [0.25, 0.3) is 0 Å².